The molecule has 0 fully saturated rings. The lowest BCUT2D eigenvalue weighted by Gasteiger charge is -2.29. The lowest BCUT2D eigenvalue weighted by atomic mass is 10.00. The number of benzene rings is 11. The summed E-state index contributed by atoms with van der Waals surface area (Å²) in [5.41, 5.74) is 11.8. The fourth-order valence-electron chi connectivity index (χ4n) is 11.6. The first-order valence-corrected chi connectivity index (χ1v) is 27.3. The Labute approximate surface area is 442 Å². The van der Waals surface area contributed by atoms with Crippen molar-refractivity contribution in [2.45, 2.75) is 13.3 Å². The van der Waals surface area contributed by atoms with Crippen LogP contribution in [-0.2, 0) is 0 Å². The van der Waals surface area contributed by atoms with E-state index in [0.29, 0.717) is 5.92 Å². The summed E-state index contributed by atoms with van der Waals surface area (Å²) in [6.45, 7) is 2.30. The number of anilines is 8. The number of fused-ring (bicyclic) bond motifs is 12. The molecular formula is C69H47N3OS2. The predicted molar refractivity (Wildman–Crippen MR) is 323 cm³/mol. The Bertz CT molecular complexity index is 4620. The highest BCUT2D eigenvalue weighted by Crippen LogP contribution is 2.50. The van der Waals surface area contributed by atoms with Crippen LogP contribution in [0.2, 0.25) is 0 Å². The van der Waals surface area contributed by atoms with Gasteiger partial charge in [-0.1, -0.05) is 153 Å². The van der Waals surface area contributed by atoms with Crippen molar-refractivity contribution in [3.05, 3.63) is 254 Å². The van der Waals surface area contributed by atoms with Crippen LogP contribution in [0.4, 0.5) is 45.5 Å². The van der Waals surface area contributed by atoms with Gasteiger partial charge in [-0.05, 0) is 115 Å². The van der Waals surface area contributed by atoms with Crippen LogP contribution in [-0.4, -0.2) is 0 Å². The average Bonchev–Trinajstić information content (AvgIpc) is 4.15. The van der Waals surface area contributed by atoms with Crippen molar-refractivity contribution >= 4 is 152 Å². The molecule has 0 saturated carbocycles. The van der Waals surface area contributed by atoms with Crippen molar-refractivity contribution in [2.24, 2.45) is 5.92 Å². The zero-order valence-electron chi connectivity index (χ0n) is 41.0. The minimum atomic E-state index is 0.471. The quantitative estimate of drug-likeness (QED) is 0.144. The summed E-state index contributed by atoms with van der Waals surface area (Å²) in [6, 6.07) is 84.1. The van der Waals surface area contributed by atoms with E-state index in [1.807, 2.05) is 22.7 Å². The highest BCUT2D eigenvalue weighted by atomic mass is 32.1. The molecule has 3 heterocycles. The number of hydrogen-bond donors (Lipinski definition) is 0. The molecule has 4 nitrogen and oxygen atoms in total. The molecule has 0 saturated heterocycles. The van der Waals surface area contributed by atoms with Crippen LogP contribution in [0.15, 0.2) is 259 Å². The largest absolute Gasteiger partial charge is 0.455 e. The molecule has 1 unspecified atom stereocenters. The molecule has 0 spiro atoms. The number of rotatable bonds is 9. The highest BCUT2D eigenvalue weighted by Gasteiger charge is 2.25. The minimum Gasteiger partial charge on any atom is -0.455 e. The molecule has 14 aromatic rings. The molecule has 0 radical (unpaired) electrons. The number of nitrogens with zero attached hydrogens (tertiary/aromatic N) is 3. The Morgan fingerprint density at radius 1 is 0.387 bits per heavy atom. The first kappa shape index (κ1) is 43.6. The fraction of sp³-hybridized carbons (Fsp3) is 0.0435. The van der Waals surface area contributed by atoms with Gasteiger partial charge in [-0.15, -0.1) is 22.7 Å². The van der Waals surface area contributed by atoms with E-state index in [4.69, 9.17) is 4.42 Å². The van der Waals surface area contributed by atoms with Crippen LogP contribution in [0.25, 0.3) is 83.8 Å². The van der Waals surface area contributed by atoms with E-state index in [2.05, 4.69) is 270 Å². The Kier molecular flexibility index (Phi) is 10.3. The minimum absolute atomic E-state index is 0.471. The van der Waals surface area contributed by atoms with Gasteiger partial charge in [0, 0.05) is 103 Å². The molecule has 0 bridgehead atoms. The van der Waals surface area contributed by atoms with E-state index in [-0.39, 0.29) is 0 Å². The number of furan rings is 1. The van der Waals surface area contributed by atoms with E-state index in [0.717, 1.165) is 84.6 Å². The lowest BCUT2D eigenvalue weighted by molar-refractivity contribution is 0.672. The third-order valence-electron chi connectivity index (χ3n) is 15.1. The summed E-state index contributed by atoms with van der Waals surface area (Å²) >= 11 is 3.71. The molecule has 0 N–H and O–H groups in total. The van der Waals surface area contributed by atoms with Crippen molar-refractivity contribution in [1.82, 2.24) is 0 Å². The van der Waals surface area contributed by atoms with E-state index in [9.17, 15) is 0 Å². The standard InChI is InChI=1S/C69H47N3OS2/c1-44-17-14-24-48(39-44)70(46-20-4-2-5-21-46)49-35-38-66-59(40-49)56-37-34-51(42-67(56)74-66)71(62-31-16-29-58-55-27-12-13-32-65(55)75-69(58)62)50-33-36-54-60-43-63(53-26-10-11-28-57(53)68(60)73-64(54)41-50)72(47-22-6-3-7-23-47)61-30-15-19-45-18-8-9-25-52(45)61/h2-16,18-44H,17H2,1H3. The van der Waals surface area contributed by atoms with Gasteiger partial charge >= 0.3 is 0 Å². The molecule has 75 heavy (non-hydrogen) atoms. The molecule has 1 aliphatic carbocycles. The van der Waals surface area contributed by atoms with E-state index in [1.54, 1.807) is 0 Å². The summed E-state index contributed by atoms with van der Waals surface area (Å²) in [5.74, 6) is 0.471. The molecular weight excluding hydrogens is 951 g/mol. The van der Waals surface area contributed by atoms with Gasteiger partial charge < -0.3 is 19.1 Å². The topological polar surface area (TPSA) is 22.9 Å². The Morgan fingerprint density at radius 2 is 1.00 bits per heavy atom. The maximum absolute atomic E-state index is 7.15. The summed E-state index contributed by atoms with van der Waals surface area (Å²) < 4.78 is 12.2. The molecule has 1 aliphatic rings. The second kappa shape index (κ2) is 17.6. The number of para-hydroxylation sites is 2. The van der Waals surface area contributed by atoms with Crippen molar-refractivity contribution in [2.75, 3.05) is 14.7 Å². The highest BCUT2D eigenvalue weighted by molar-refractivity contribution is 7.26. The number of allylic oxidation sites excluding steroid dienone is 3. The fourth-order valence-corrected chi connectivity index (χ4v) is 14.0. The van der Waals surface area contributed by atoms with Gasteiger partial charge in [0.2, 0.25) is 0 Å². The third-order valence-corrected chi connectivity index (χ3v) is 17.4. The van der Waals surface area contributed by atoms with Gasteiger partial charge in [-0.2, -0.15) is 0 Å². The second-order valence-corrected chi connectivity index (χ2v) is 21.8. The Morgan fingerprint density at radius 3 is 1.83 bits per heavy atom. The van der Waals surface area contributed by atoms with Crippen LogP contribution in [0.5, 0.6) is 0 Å². The first-order chi connectivity index (χ1) is 37.1. The van der Waals surface area contributed by atoms with Crippen molar-refractivity contribution in [3.63, 3.8) is 0 Å². The monoisotopic (exact) mass is 997 g/mol. The zero-order chi connectivity index (χ0) is 49.6. The molecule has 15 rings (SSSR count). The summed E-state index contributed by atoms with van der Waals surface area (Å²) in [6.07, 6.45) is 8.03. The van der Waals surface area contributed by atoms with Crippen LogP contribution in [0.3, 0.4) is 0 Å². The van der Waals surface area contributed by atoms with Gasteiger partial charge in [0.05, 0.1) is 21.8 Å². The average molecular weight is 998 g/mol. The molecule has 0 amide bonds. The number of hydrogen-bond acceptors (Lipinski definition) is 6. The van der Waals surface area contributed by atoms with Crippen molar-refractivity contribution in [1.29, 1.82) is 0 Å². The molecule has 1 atom stereocenters. The summed E-state index contributed by atoms with van der Waals surface area (Å²) in [5, 5.41) is 11.8. The van der Waals surface area contributed by atoms with Crippen LogP contribution in [0.1, 0.15) is 13.3 Å². The van der Waals surface area contributed by atoms with Crippen LogP contribution < -0.4 is 14.7 Å². The molecule has 356 valence electrons. The lowest BCUT2D eigenvalue weighted by Crippen LogP contribution is -2.17. The molecule has 3 aromatic heterocycles. The summed E-state index contributed by atoms with van der Waals surface area (Å²) in [4.78, 5) is 7.26. The van der Waals surface area contributed by atoms with Crippen LogP contribution in [0, 0.1) is 5.92 Å². The van der Waals surface area contributed by atoms with Gasteiger partial charge in [0.1, 0.15) is 11.2 Å². The van der Waals surface area contributed by atoms with Gasteiger partial charge in [-0.25, -0.2) is 0 Å². The maximum atomic E-state index is 7.15. The molecule has 11 aromatic carbocycles. The second-order valence-electron chi connectivity index (χ2n) is 19.7. The molecule has 6 heteroatoms. The van der Waals surface area contributed by atoms with Crippen molar-refractivity contribution in [3.8, 4) is 0 Å². The normalized spacial score (nSPS) is 13.8. The molecule has 0 aliphatic heterocycles. The van der Waals surface area contributed by atoms with Gasteiger partial charge in [0.15, 0.2) is 0 Å². The zero-order valence-corrected chi connectivity index (χ0v) is 42.7. The van der Waals surface area contributed by atoms with Crippen molar-refractivity contribution < 1.29 is 4.42 Å². The summed E-state index contributed by atoms with van der Waals surface area (Å²) in [7, 11) is 0. The van der Waals surface area contributed by atoms with Gasteiger partial charge in [0.25, 0.3) is 0 Å². The Hall–Kier alpha value is -8.94. The van der Waals surface area contributed by atoms with Crippen LogP contribution >= 0.6 is 22.7 Å². The smallest absolute Gasteiger partial charge is 0.143 e. The number of thiophene rings is 2. The third kappa shape index (κ3) is 7.24. The Balaban J connectivity index is 0.912. The maximum Gasteiger partial charge on any atom is 0.143 e. The SMILES string of the molecule is CC1C=C(N(c2ccccc2)c2ccc3sc4cc(N(c5ccc6c(c5)oc5c7ccccc7c(N(c7ccccc7)c7cccc8ccccc78)cc65)c5cccc6c5sc5ccccc56)ccc4c3c2)C=CC1. The first-order valence-electron chi connectivity index (χ1n) is 25.7. The van der Waals surface area contributed by atoms with E-state index in [1.165, 1.54) is 56.8 Å². The van der Waals surface area contributed by atoms with E-state index < -0.39 is 0 Å². The predicted octanol–water partition coefficient (Wildman–Crippen LogP) is 21.2. The van der Waals surface area contributed by atoms with Gasteiger partial charge in [-0.3, -0.25) is 0 Å². The van der Waals surface area contributed by atoms with E-state index >= 15 is 0 Å².